The highest BCUT2D eigenvalue weighted by atomic mass is 16.3. The Morgan fingerprint density at radius 3 is 2.47 bits per heavy atom. The second kappa shape index (κ2) is 6.16. The van der Waals surface area contributed by atoms with E-state index in [9.17, 15) is 0 Å². The molecule has 6 heteroatoms. The molecule has 0 radical (unpaired) electrons. The predicted octanol–water partition coefficient (Wildman–Crippen LogP) is 0.0439. The molecule has 1 saturated heterocycles. The van der Waals surface area contributed by atoms with E-state index in [-0.39, 0.29) is 6.61 Å². The molecule has 1 fully saturated rings. The van der Waals surface area contributed by atoms with Crippen LogP contribution in [0.15, 0.2) is 0 Å². The van der Waals surface area contributed by atoms with Gasteiger partial charge in [-0.05, 0) is 6.92 Å². The highest BCUT2D eigenvalue weighted by Crippen LogP contribution is 2.22. The first-order valence-corrected chi connectivity index (χ1v) is 6.86. The van der Waals surface area contributed by atoms with Crippen molar-refractivity contribution in [1.29, 1.82) is 0 Å². The molecule has 0 amide bonds. The summed E-state index contributed by atoms with van der Waals surface area (Å²) in [6, 6.07) is 0. The fraction of sp³-hybridized carbons (Fsp3) is 0.692. The van der Waals surface area contributed by atoms with Gasteiger partial charge < -0.3 is 15.7 Å². The molecule has 0 unspecified atom stereocenters. The third-order valence-corrected chi connectivity index (χ3v) is 3.61. The van der Waals surface area contributed by atoms with Crippen LogP contribution in [0, 0.1) is 6.92 Å². The Balaban J connectivity index is 2.12. The summed E-state index contributed by atoms with van der Waals surface area (Å²) in [6.45, 7) is 8.72. The Kier molecular flexibility index (Phi) is 4.55. The monoisotopic (exact) mass is 265 g/mol. The summed E-state index contributed by atoms with van der Waals surface area (Å²) >= 11 is 0. The minimum atomic E-state index is 0.222. The molecule has 2 heterocycles. The number of rotatable bonds is 4. The molecular formula is C13H23N5O. The molecule has 2 rings (SSSR count). The van der Waals surface area contributed by atoms with E-state index in [0.717, 1.165) is 56.4 Å². The fourth-order valence-electron chi connectivity index (χ4n) is 2.36. The van der Waals surface area contributed by atoms with E-state index in [4.69, 9.17) is 10.8 Å². The zero-order valence-electron chi connectivity index (χ0n) is 11.8. The molecule has 0 bridgehead atoms. The van der Waals surface area contributed by atoms with E-state index in [1.165, 1.54) is 0 Å². The summed E-state index contributed by atoms with van der Waals surface area (Å²) in [5.74, 6) is 2.35. The van der Waals surface area contributed by atoms with Crippen molar-refractivity contribution in [2.24, 2.45) is 0 Å². The van der Waals surface area contributed by atoms with E-state index in [2.05, 4.69) is 19.8 Å². The van der Waals surface area contributed by atoms with Gasteiger partial charge in [-0.1, -0.05) is 6.92 Å². The zero-order valence-corrected chi connectivity index (χ0v) is 11.8. The van der Waals surface area contributed by atoms with Crippen LogP contribution >= 0.6 is 0 Å². The summed E-state index contributed by atoms with van der Waals surface area (Å²) in [4.78, 5) is 13.4. The van der Waals surface area contributed by atoms with Gasteiger partial charge in [-0.15, -0.1) is 0 Å². The number of hydrogen-bond donors (Lipinski definition) is 2. The summed E-state index contributed by atoms with van der Waals surface area (Å²) in [7, 11) is 0. The molecule has 1 aromatic rings. The SMILES string of the molecule is CCc1nc(N)c(C)c(N2CCN(CCO)CC2)n1. The molecule has 1 aliphatic heterocycles. The Labute approximate surface area is 114 Å². The van der Waals surface area contributed by atoms with E-state index in [0.29, 0.717) is 5.82 Å². The van der Waals surface area contributed by atoms with Crippen LogP contribution in [-0.2, 0) is 6.42 Å². The molecule has 0 saturated carbocycles. The van der Waals surface area contributed by atoms with Gasteiger partial charge in [0, 0.05) is 44.7 Å². The number of nitrogen functional groups attached to an aromatic ring is 1. The first-order valence-electron chi connectivity index (χ1n) is 6.86. The fourth-order valence-corrected chi connectivity index (χ4v) is 2.36. The highest BCUT2D eigenvalue weighted by molar-refractivity contribution is 5.56. The third kappa shape index (κ3) is 3.13. The van der Waals surface area contributed by atoms with Gasteiger partial charge >= 0.3 is 0 Å². The lowest BCUT2D eigenvalue weighted by atomic mass is 10.2. The molecule has 19 heavy (non-hydrogen) atoms. The van der Waals surface area contributed by atoms with Gasteiger partial charge in [0.15, 0.2) is 0 Å². The standard InChI is InChI=1S/C13H23N5O/c1-3-11-15-12(14)10(2)13(16-11)18-6-4-17(5-7-18)8-9-19/h19H,3-9H2,1-2H3,(H2,14,15,16). The second-order valence-corrected chi connectivity index (χ2v) is 4.88. The molecule has 1 aliphatic rings. The lowest BCUT2D eigenvalue weighted by Gasteiger charge is -2.35. The molecule has 0 aliphatic carbocycles. The van der Waals surface area contributed by atoms with Crippen molar-refractivity contribution in [2.75, 3.05) is 50.0 Å². The number of aliphatic hydroxyl groups excluding tert-OH is 1. The zero-order chi connectivity index (χ0) is 13.8. The largest absolute Gasteiger partial charge is 0.395 e. The maximum absolute atomic E-state index is 8.96. The first kappa shape index (κ1) is 14.0. The summed E-state index contributed by atoms with van der Waals surface area (Å²) in [5.41, 5.74) is 6.92. The van der Waals surface area contributed by atoms with E-state index in [1.54, 1.807) is 0 Å². The van der Waals surface area contributed by atoms with Gasteiger partial charge in [0.2, 0.25) is 0 Å². The number of hydrogen-bond acceptors (Lipinski definition) is 6. The van der Waals surface area contributed by atoms with Crippen molar-refractivity contribution >= 4 is 11.6 Å². The molecular weight excluding hydrogens is 242 g/mol. The van der Waals surface area contributed by atoms with Crippen molar-refractivity contribution in [2.45, 2.75) is 20.3 Å². The smallest absolute Gasteiger partial charge is 0.137 e. The lowest BCUT2D eigenvalue weighted by molar-refractivity contribution is 0.188. The van der Waals surface area contributed by atoms with Crippen molar-refractivity contribution in [3.8, 4) is 0 Å². The van der Waals surface area contributed by atoms with Gasteiger partial charge in [-0.25, -0.2) is 9.97 Å². The maximum Gasteiger partial charge on any atom is 0.137 e. The number of aromatic nitrogens is 2. The topological polar surface area (TPSA) is 78.5 Å². The number of β-amino-alcohol motifs (C(OH)–C–C–N with tert-alkyl or cyclic N) is 1. The number of piperazine rings is 1. The molecule has 6 nitrogen and oxygen atoms in total. The Morgan fingerprint density at radius 2 is 1.89 bits per heavy atom. The van der Waals surface area contributed by atoms with Crippen LogP contribution < -0.4 is 10.6 Å². The average molecular weight is 265 g/mol. The average Bonchev–Trinajstić information content (AvgIpc) is 2.43. The minimum Gasteiger partial charge on any atom is -0.395 e. The summed E-state index contributed by atoms with van der Waals surface area (Å²) in [5, 5.41) is 8.96. The highest BCUT2D eigenvalue weighted by Gasteiger charge is 2.20. The minimum absolute atomic E-state index is 0.222. The van der Waals surface area contributed by atoms with Crippen molar-refractivity contribution in [1.82, 2.24) is 14.9 Å². The molecule has 1 aromatic heterocycles. The van der Waals surface area contributed by atoms with Crippen LogP contribution in [0.2, 0.25) is 0 Å². The van der Waals surface area contributed by atoms with E-state index >= 15 is 0 Å². The summed E-state index contributed by atoms with van der Waals surface area (Å²) in [6.07, 6.45) is 0.794. The predicted molar refractivity (Wildman–Crippen MR) is 76.3 cm³/mol. The van der Waals surface area contributed by atoms with E-state index < -0.39 is 0 Å². The van der Waals surface area contributed by atoms with Crippen LogP contribution in [0.3, 0.4) is 0 Å². The van der Waals surface area contributed by atoms with Crippen LogP contribution in [0.1, 0.15) is 18.3 Å². The number of nitrogens with two attached hydrogens (primary N) is 1. The third-order valence-electron chi connectivity index (χ3n) is 3.61. The molecule has 3 N–H and O–H groups in total. The van der Waals surface area contributed by atoms with Crippen LogP contribution in [-0.4, -0.2) is 59.3 Å². The van der Waals surface area contributed by atoms with Gasteiger partial charge in [0.25, 0.3) is 0 Å². The first-order chi connectivity index (χ1) is 9.15. The second-order valence-electron chi connectivity index (χ2n) is 4.88. The van der Waals surface area contributed by atoms with Crippen LogP contribution in [0.4, 0.5) is 11.6 Å². The normalized spacial score (nSPS) is 16.9. The molecule has 0 spiro atoms. The Morgan fingerprint density at radius 1 is 1.21 bits per heavy atom. The number of aryl methyl sites for hydroxylation is 1. The van der Waals surface area contributed by atoms with Gasteiger partial charge in [-0.2, -0.15) is 0 Å². The van der Waals surface area contributed by atoms with Crippen LogP contribution in [0.25, 0.3) is 0 Å². The van der Waals surface area contributed by atoms with Gasteiger partial charge in [0.1, 0.15) is 17.5 Å². The maximum atomic E-state index is 8.96. The van der Waals surface area contributed by atoms with Gasteiger partial charge in [-0.3, -0.25) is 4.90 Å². The molecule has 0 atom stereocenters. The van der Waals surface area contributed by atoms with Crippen molar-refractivity contribution in [3.05, 3.63) is 11.4 Å². The van der Waals surface area contributed by atoms with Crippen molar-refractivity contribution in [3.63, 3.8) is 0 Å². The Bertz CT molecular complexity index is 429. The summed E-state index contributed by atoms with van der Waals surface area (Å²) < 4.78 is 0. The lowest BCUT2D eigenvalue weighted by Crippen LogP contribution is -2.47. The van der Waals surface area contributed by atoms with Crippen LogP contribution in [0.5, 0.6) is 0 Å². The number of nitrogens with zero attached hydrogens (tertiary/aromatic N) is 4. The van der Waals surface area contributed by atoms with Gasteiger partial charge in [0.05, 0.1) is 6.61 Å². The quantitative estimate of drug-likeness (QED) is 0.800. The van der Waals surface area contributed by atoms with E-state index in [1.807, 2.05) is 13.8 Å². The molecule has 106 valence electrons. The number of aliphatic hydroxyl groups is 1. The Hall–Kier alpha value is -1.40. The molecule has 0 aromatic carbocycles. The number of anilines is 2. The van der Waals surface area contributed by atoms with Crippen molar-refractivity contribution < 1.29 is 5.11 Å².